The maximum absolute atomic E-state index is 13.6. The van der Waals surface area contributed by atoms with Gasteiger partial charge in [-0.1, -0.05) is 24.6 Å². The summed E-state index contributed by atoms with van der Waals surface area (Å²) in [6.07, 6.45) is 11.4. The minimum absolute atomic E-state index is 0.0587. The van der Waals surface area contributed by atoms with Gasteiger partial charge in [-0.3, -0.25) is 43.9 Å². The number of likely N-dealkylation sites (N-methyl/N-ethyl adjacent to an activating group) is 3. The molecule has 6 aromatic heterocycles. The van der Waals surface area contributed by atoms with Crippen molar-refractivity contribution in [3.8, 4) is 51.0 Å². The van der Waals surface area contributed by atoms with Crippen LogP contribution in [0, 0.1) is 0 Å². The van der Waals surface area contributed by atoms with Crippen LogP contribution in [-0.2, 0) is 35.4 Å². The molecule has 0 saturated carbocycles. The lowest BCUT2D eigenvalue weighted by Crippen LogP contribution is -2.50. The van der Waals surface area contributed by atoms with Crippen LogP contribution in [0.15, 0.2) is 128 Å². The van der Waals surface area contributed by atoms with Gasteiger partial charge in [0.15, 0.2) is 0 Å². The summed E-state index contributed by atoms with van der Waals surface area (Å²) in [5, 5.41) is 2.70. The largest absolute Gasteiger partial charge is 0.478 e. The zero-order chi connectivity index (χ0) is 81.1. The molecule has 0 N–H and O–H groups in total. The second kappa shape index (κ2) is 34.1. The molecule has 3 aromatic carbocycles. The van der Waals surface area contributed by atoms with Crippen LogP contribution < -0.4 is 28.9 Å². The van der Waals surface area contributed by atoms with Gasteiger partial charge in [-0.15, -0.1) is 0 Å². The van der Waals surface area contributed by atoms with Crippen LogP contribution in [0.5, 0.6) is 17.6 Å². The van der Waals surface area contributed by atoms with Gasteiger partial charge in [-0.25, -0.2) is 15.0 Å². The van der Waals surface area contributed by atoms with Gasteiger partial charge in [0.2, 0.25) is 41.3 Å². The molecule has 0 radical (unpaired) electrons. The first-order valence-corrected chi connectivity index (χ1v) is 39.9. The predicted molar refractivity (Wildman–Crippen MR) is 433 cm³/mol. The van der Waals surface area contributed by atoms with Gasteiger partial charge in [0.25, 0.3) is 0 Å². The molecule has 13 heterocycles. The molecule has 115 heavy (non-hydrogen) atoms. The molecular weight excluding hydrogens is 1480 g/mol. The number of carbonyl (C=O) groups excluding carboxylic acids is 4. The fraction of sp³-hybridized carbons (Fsp3) is 0.471. The van der Waals surface area contributed by atoms with Crippen molar-refractivity contribution in [1.29, 1.82) is 0 Å². The molecule has 4 saturated heterocycles. The van der Waals surface area contributed by atoms with Gasteiger partial charge in [-0.05, 0) is 209 Å². The number of piperidine rings is 4. The number of hydrogen-bond donors (Lipinski definition) is 0. The number of ether oxygens (including phenoxy) is 3. The highest BCUT2D eigenvalue weighted by Gasteiger charge is 2.56. The molecule has 0 bridgehead atoms. The zero-order valence-corrected chi connectivity index (χ0v) is 66.8. The van der Waals surface area contributed by atoms with Crippen LogP contribution in [-0.4, -0.2) is 250 Å². The number of likely N-dealkylation sites (tertiary alicyclic amines) is 4. The summed E-state index contributed by atoms with van der Waals surface area (Å²) in [6, 6.07) is 29.6. The van der Waals surface area contributed by atoms with E-state index in [0.29, 0.717) is 89.1 Å². The summed E-state index contributed by atoms with van der Waals surface area (Å²) >= 11 is 0. The number of aromatic nitrogens is 6. The minimum Gasteiger partial charge on any atom is -0.478 e. The number of halogens is 6. The normalized spacial score (nSPS) is 18.1. The summed E-state index contributed by atoms with van der Waals surface area (Å²) in [5.74, 6) is 1.78. The maximum atomic E-state index is 13.6. The Morgan fingerprint density at radius 1 is 0.409 bits per heavy atom. The van der Waals surface area contributed by atoms with Gasteiger partial charge >= 0.3 is 12.4 Å². The number of amides is 4. The highest BCUT2D eigenvalue weighted by Crippen LogP contribution is 2.54. The first kappa shape index (κ1) is 81.6. The summed E-state index contributed by atoms with van der Waals surface area (Å²) in [7, 11) is 13.4. The molecule has 0 unspecified atom stereocenters. The van der Waals surface area contributed by atoms with Crippen LogP contribution in [0.1, 0.15) is 101 Å². The standard InChI is InChI=1S/C31H36F3N5O2.C28H32F3N5O2.C28H33N5O3/c1-37-26-20-35-25-8-6-22(23-7-9-27(36-19-23)41-17-5-14-38-12-3-2-4-13-38)18-24(25)28(26)30(29(37)40)10-15-39(16-11-30)21-31(32,33)34;1-34(2)11-4-14-38-24-8-6-20(16-33-24)19-5-7-22-21(15-19)25-23(17-32-22)35(3)26(37)27(25)9-12-36(13-10-27)18-28(29,30)31;1-19(34)33-13-10-28(11-14-33)26-22-16-20(6-8-23(22)29-18-24(26)32(4)27(28)35)21-7-9-25(30-17-21)36-15-5-12-31(2)3/h6-9,18-20H,2-5,10-17,21H2,1H3;5-8,15-17H,4,9-14,18H2,1-3H3;6-9,16-18H,5,10-15H2,1-4H3. The number of alkyl halides is 6. The third-order valence-corrected chi connectivity index (χ3v) is 24.0. The zero-order valence-electron chi connectivity index (χ0n) is 66.8. The molecule has 0 atom stereocenters. The van der Waals surface area contributed by atoms with Gasteiger partial charge in [0.1, 0.15) is 0 Å². The average Bonchev–Trinajstić information content (AvgIpc) is 1.59. The van der Waals surface area contributed by atoms with Crippen LogP contribution in [0.25, 0.3) is 66.1 Å². The van der Waals surface area contributed by atoms with Crippen molar-refractivity contribution in [2.45, 2.75) is 113 Å². The molecule has 28 heteroatoms. The topological polar surface area (TPSA) is 202 Å². The lowest BCUT2D eigenvalue weighted by molar-refractivity contribution is -0.151. The highest BCUT2D eigenvalue weighted by molar-refractivity contribution is 6.15. The molecule has 0 aliphatic carbocycles. The average molecular weight is 1580 g/mol. The van der Waals surface area contributed by atoms with Crippen LogP contribution in [0.3, 0.4) is 0 Å². The van der Waals surface area contributed by atoms with E-state index in [1.54, 1.807) is 60.5 Å². The lowest BCUT2D eigenvalue weighted by Gasteiger charge is -2.38. The smallest absolute Gasteiger partial charge is 0.401 e. The summed E-state index contributed by atoms with van der Waals surface area (Å²) in [6.45, 7) is 8.85. The Labute approximate surface area is 666 Å². The van der Waals surface area contributed by atoms with Crippen LogP contribution >= 0.6 is 0 Å². The minimum atomic E-state index is -4.26. The Hall–Kier alpha value is -10.0. The molecule has 4 fully saturated rings. The van der Waals surface area contributed by atoms with E-state index in [-0.39, 0.29) is 49.8 Å². The second-order valence-electron chi connectivity index (χ2n) is 32.1. The molecule has 7 aliphatic heterocycles. The molecule has 608 valence electrons. The van der Waals surface area contributed by atoms with Crippen molar-refractivity contribution in [1.82, 2.24) is 59.3 Å². The van der Waals surface area contributed by atoms with Crippen LogP contribution in [0.4, 0.5) is 43.4 Å². The van der Waals surface area contributed by atoms with E-state index in [4.69, 9.17) is 14.2 Å². The van der Waals surface area contributed by atoms with Gasteiger partial charge in [-0.2, -0.15) is 26.3 Å². The van der Waals surface area contributed by atoms with Crippen molar-refractivity contribution in [3.63, 3.8) is 0 Å². The fourth-order valence-electron chi connectivity index (χ4n) is 17.9. The van der Waals surface area contributed by atoms with E-state index >= 15 is 0 Å². The first-order valence-electron chi connectivity index (χ1n) is 39.9. The molecule has 22 nitrogen and oxygen atoms in total. The van der Waals surface area contributed by atoms with E-state index in [2.05, 4.69) is 50.7 Å². The number of benzene rings is 3. The van der Waals surface area contributed by atoms with Crippen molar-refractivity contribution >= 4 is 73.4 Å². The predicted octanol–water partition coefficient (Wildman–Crippen LogP) is 13.4. The number of rotatable bonds is 20. The number of nitrogens with zero attached hydrogens (tertiary/aromatic N) is 15. The van der Waals surface area contributed by atoms with Gasteiger partial charge in [0.05, 0.1) is 101 Å². The van der Waals surface area contributed by atoms with Crippen molar-refractivity contribution < 1.29 is 59.7 Å². The number of pyridine rings is 6. The van der Waals surface area contributed by atoms with E-state index in [1.165, 1.54) is 42.2 Å². The molecule has 7 aliphatic rings. The maximum Gasteiger partial charge on any atom is 0.401 e. The molecule has 9 aromatic rings. The van der Waals surface area contributed by atoms with E-state index in [9.17, 15) is 45.5 Å². The lowest BCUT2D eigenvalue weighted by atomic mass is 9.72. The van der Waals surface area contributed by atoms with Gasteiger partial charge < -0.3 is 48.5 Å². The number of anilines is 3. The summed E-state index contributed by atoms with van der Waals surface area (Å²) < 4.78 is 95.5. The highest BCUT2D eigenvalue weighted by atomic mass is 19.4. The van der Waals surface area contributed by atoms with Crippen LogP contribution in [0.2, 0.25) is 0 Å². The Morgan fingerprint density at radius 3 is 1.03 bits per heavy atom. The monoisotopic (exact) mass is 1580 g/mol. The summed E-state index contributed by atoms with van der Waals surface area (Å²) in [4.78, 5) is 96.3. The Morgan fingerprint density at radius 2 is 0.730 bits per heavy atom. The summed E-state index contributed by atoms with van der Waals surface area (Å²) in [5.41, 5.74) is 10.8. The van der Waals surface area contributed by atoms with Crippen molar-refractivity contribution in [3.05, 3.63) is 145 Å². The molecule has 3 spiro atoms. The van der Waals surface area contributed by atoms with E-state index in [0.717, 1.165) is 139 Å². The SMILES string of the molecule is CC(=O)N1CCC2(CC1)C(=O)N(C)c1cnc3ccc(-c4ccc(OCCCN(C)C)nc4)cc3c12.CN(C)CCCOc1ccc(-c2ccc3ncc4c(c3c2)C2(CCN(CC(F)(F)F)CC2)C(=O)N4C)cn1.CN1C(=O)C2(CCN(CC(F)(F)F)CC2)c2c1cnc1ccc(-c3ccc(OCCCN4CCCCC4)nc3)cc21. The molecule has 16 rings (SSSR count). The quantitative estimate of drug-likeness (QED) is 0.0514. The van der Waals surface area contributed by atoms with E-state index in [1.807, 2.05) is 137 Å². The molecule has 4 amide bonds. The third-order valence-electron chi connectivity index (χ3n) is 24.0. The second-order valence-corrected chi connectivity index (χ2v) is 32.1. The Kier molecular flexibility index (Phi) is 24.2. The van der Waals surface area contributed by atoms with Crippen molar-refractivity contribution in [2.75, 3.05) is 169 Å². The molecular formula is C87H101F6N15O7. The van der Waals surface area contributed by atoms with Gasteiger partial charge in [0, 0.05) is 147 Å². The number of hydrogen-bond acceptors (Lipinski definition) is 18. The first-order chi connectivity index (χ1) is 55.1. The van der Waals surface area contributed by atoms with E-state index < -0.39 is 41.7 Å². The number of fused-ring (bicyclic) bond motifs is 12. The van der Waals surface area contributed by atoms with Crippen molar-refractivity contribution in [2.24, 2.45) is 0 Å². The Balaban J connectivity index is 0.000000143. The fourth-order valence-corrected chi connectivity index (χ4v) is 17.9. The number of carbonyl (C=O) groups is 4. The Bertz CT molecular complexity index is 5000. The third kappa shape index (κ3) is 17.5.